The Hall–Kier alpha value is -0.440. The second-order valence-corrected chi connectivity index (χ2v) is 5.27. The molecule has 0 N–H and O–H groups in total. The van der Waals surface area contributed by atoms with Crippen molar-refractivity contribution in [1.29, 1.82) is 0 Å². The third kappa shape index (κ3) is 4.34. The highest BCUT2D eigenvalue weighted by atomic mass is 35.5. The Balaban J connectivity index is 2.63. The quantitative estimate of drug-likeness (QED) is 0.560. The minimum Gasteiger partial charge on any atom is -0.342 e. The third-order valence-electron chi connectivity index (χ3n) is 2.65. The standard InChI is InChI=1S/C13H16Cl3NO/c1-17(9-4-2-3-8-14)13(18)12-10(15)6-5-7-11(12)16/h5-7H,2-4,8-9H2,1H3. The molecule has 0 atom stereocenters. The van der Waals surface area contributed by atoms with E-state index in [0.29, 0.717) is 28.0 Å². The summed E-state index contributed by atoms with van der Waals surface area (Å²) in [7, 11) is 1.75. The Morgan fingerprint density at radius 3 is 2.33 bits per heavy atom. The van der Waals surface area contributed by atoms with Crippen molar-refractivity contribution in [3.05, 3.63) is 33.8 Å². The van der Waals surface area contributed by atoms with E-state index in [1.807, 2.05) is 0 Å². The molecular formula is C13H16Cl3NO. The van der Waals surface area contributed by atoms with E-state index in [1.165, 1.54) is 0 Å². The van der Waals surface area contributed by atoms with Crippen LogP contribution in [-0.2, 0) is 0 Å². The van der Waals surface area contributed by atoms with Crippen LogP contribution in [-0.4, -0.2) is 30.3 Å². The van der Waals surface area contributed by atoms with E-state index in [2.05, 4.69) is 0 Å². The maximum absolute atomic E-state index is 12.2. The van der Waals surface area contributed by atoms with E-state index in [4.69, 9.17) is 34.8 Å². The van der Waals surface area contributed by atoms with Crippen molar-refractivity contribution in [1.82, 2.24) is 4.90 Å². The molecule has 0 heterocycles. The van der Waals surface area contributed by atoms with Gasteiger partial charge in [-0.1, -0.05) is 35.7 Å². The van der Waals surface area contributed by atoms with Crippen LogP contribution in [0.15, 0.2) is 18.2 Å². The molecule has 0 bridgehead atoms. The van der Waals surface area contributed by atoms with Gasteiger partial charge in [0.15, 0.2) is 0 Å². The fourth-order valence-electron chi connectivity index (χ4n) is 1.61. The summed E-state index contributed by atoms with van der Waals surface area (Å²) in [5.74, 6) is 0.519. The molecular weight excluding hydrogens is 293 g/mol. The van der Waals surface area contributed by atoms with Gasteiger partial charge in [-0.2, -0.15) is 0 Å². The van der Waals surface area contributed by atoms with Gasteiger partial charge >= 0.3 is 0 Å². The zero-order valence-corrected chi connectivity index (χ0v) is 12.5. The lowest BCUT2D eigenvalue weighted by Gasteiger charge is -2.18. The molecule has 0 saturated carbocycles. The highest BCUT2D eigenvalue weighted by molar-refractivity contribution is 6.39. The Kier molecular flexibility index (Phi) is 6.83. The maximum atomic E-state index is 12.2. The van der Waals surface area contributed by atoms with Crippen molar-refractivity contribution < 1.29 is 4.79 Å². The minimum absolute atomic E-state index is 0.142. The monoisotopic (exact) mass is 307 g/mol. The molecule has 0 aromatic heterocycles. The summed E-state index contributed by atoms with van der Waals surface area (Å²) in [6.07, 6.45) is 2.91. The van der Waals surface area contributed by atoms with E-state index in [0.717, 1.165) is 19.3 Å². The van der Waals surface area contributed by atoms with Crippen LogP contribution >= 0.6 is 34.8 Å². The highest BCUT2D eigenvalue weighted by Gasteiger charge is 2.17. The van der Waals surface area contributed by atoms with E-state index in [-0.39, 0.29) is 5.91 Å². The highest BCUT2D eigenvalue weighted by Crippen LogP contribution is 2.25. The molecule has 0 aliphatic heterocycles. The van der Waals surface area contributed by atoms with E-state index >= 15 is 0 Å². The van der Waals surface area contributed by atoms with E-state index in [9.17, 15) is 4.79 Å². The first-order chi connectivity index (χ1) is 8.57. The van der Waals surface area contributed by atoms with Gasteiger partial charge in [-0.15, -0.1) is 11.6 Å². The average molecular weight is 309 g/mol. The van der Waals surface area contributed by atoms with Crippen LogP contribution in [0.25, 0.3) is 0 Å². The first-order valence-corrected chi connectivity index (χ1v) is 7.12. The predicted octanol–water partition coefficient (Wildman–Crippen LogP) is 4.47. The minimum atomic E-state index is -0.142. The molecule has 5 heteroatoms. The number of nitrogens with zero attached hydrogens (tertiary/aromatic N) is 1. The molecule has 2 nitrogen and oxygen atoms in total. The molecule has 0 fully saturated rings. The van der Waals surface area contributed by atoms with Gasteiger partial charge in [-0.3, -0.25) is 4.79 Å². The molecule has 0 radical (unpaired) electrons. The van der Waals surface area contributed by atoms with Gasteiger partial charge in [0.05, 0.1) is 15.6 Å². The smallest absolute Gasteiger partial charge is 0.256 e. The topological polar surface area (TPSA) is 20.3 Å². The van der Waals surface area contributed by atoms with Crippen LogP contribution in [0.1, 0.15) is 29.6 Å². The lowest BCUT2D eigenvalue weighted by atomic mass is 10.2. The van der Waals surface area contributed by atoms with Crippen LogP contribution in [0.5, 0.6) is 0 Å². The number of halogens is 3. The van der Waals surface area contributed by atoms with Crippen molar-refractivity contribution in [3.8, 4) is 0 Å². The van der Waals surface area contributed by atoms with Crippen molar-refractivity contribution in [3.63, 3.8) is 0 Å². The van der Waals surface area contributed by atoms with Gasteiger partial charge in [0.25, 0.3) is 5.91 Å². The van der Waals surface area contributed by atoms with E-state index < -0.39 is 0 Å². The first-order valence-electron chi connectivity index (χ1n) is 5.83. The fraction of sp³-hybridized carbons (Fsp3) is 0.462. The average Bonchev–Trinajstić information content (AvgIpc) is 2.34. The van der Waals surface area contributed by atoms with Crippen LogP contribution in [0, 0.1) is 0 Å². The Bertz CT molecular complexity index is 389. The molecule has 0 aliphatic carbocycles. The largest absolute Gasteiger partial charge is 0.342 e. The van der Waals surface area contributed by atoms with Gasteiger partial charge in [0, 0.05) is 19.5 Å². The number of alkyl halides is 1. The summed E-state index contributed by atoms with van der Waals surface area (Å²) >= 11 is 17.6. The van der Waals surface area contributed by atoms with Gasteiger partial charge in [0.1, 0.15) is 0 Å². The molecule has 1 aromatic rings. The number of unbranched alkanes of at least 4 members (excludes halogenated alkanes) is 2. The van der Waals surface area contributed by atoms with Crippen LogP contribution in [0.4, 0.5) is 0 Å². The summed E-state index contributed by atoms with van der Waals surface area (Å²) in [5.41, 5.74) is 0.376. The normalized spacial score (nSPS) is 10.4. The van der Waals surface area contributed by atoms with E-state index in [1.54, 1.807) is 30.1 Å². The number of hydrogen-bond donors (Lipinski definition) is 0. The molecule has 0 aliphatic rings. The number of amides is 1. The summed E-state index contributed by atoms with van der Waals surface area (Å²) in [6.45, 7) is 0.678. The van der Waals surface area contributed by atoms with Gasteiger partial charge in [-0.05, 0) is 25.0 Å². The zero-order valence-electron chi connectivity index (χ0n) is 10.3. The van der Waals surface area contributed by atoms with Crippen LogP contribution in [0.2, 0.25) is 10.0 Å². The van der Waals surface area contributed by atoms with Gasteiger partial charge in [0.2, 0.25) is 0 Å². The Morgan fingerprint density at radius 1 is 1.17 bits per heavy atom. The number of rotatable bonds is 6. The SMILES string of the molecule is CN(CCCCCCl)C(=O)c1c(Cl)cccc1Cl. The maximum Gasteiger partial charge on any atom is 0.256 e. The lowest BCUT2D eigenvalue weighted by molar-refractivity contribution is 0.0793. The summed E-state index contributed by atoms with van der Waals surface area (Å²) < 4.78 is 0. The summed E-state index contributed by atoms with van der Waals surface area (Å²) in [4.78, 5) is 13.8. The molecule has 0 saturated heterocycles. The van der Waals surface area contributed by atoms with Crippen molar-refractivity contribution in [2.45, 2.75) is 19.3 Å². The van der Waals surface area contributed by atoms with Crippen LogP contribution in [0.3, 0.4) is 0 Å². The molecule has 18 heavy (non-hydrogen) atoms. The molecule has 1 amide bonds. The van der Waals surface area contributed by atoms with Gasteiger partial charge < -0.3 is 4.90 Å². The number of carbonyl (C=O) groups excluding carboxylic acids is 1. The zero-order chi connectivity index (χ0) is 13.5. The number of benzene rings is 1. The van der Waals surface area contributed by atoms with Crippen molar-refractivity contribution in [2.75, 3.05) is 19.5 Å². The first kappa shape index (κ1) is 15.6. The molecule has 0 unspecified atom stereocenters. The third-order valence-corrected chi connectivity index (χ3v) is 3.55. The van der Waals surface area contributed by atoms with Gasteiger partial charge in [-0.25, -0.2) is 0 Å². The summed E-state index contributed by atoms with van der Waals surface area (Å²) in [5, 5.41) is 0.778. The Morgan fingerprint density at radius 2 is 1.78 bits per heavy atom. The van der Waals surface area contributed by atoms with Crippen molar-refractivity contribution >= 4 is 40.7 Å². The summed E-state index contributed by atoms with van der Waals surface area (Å²) in [6, 6.07) is 5.06. The fourth-order valence-corrected chi connectivity index (χ4v) is 2.36. The molecule has 1 rings (SSSR count). The second-order valence-electron chi connectivity index (χ2n) is 4.07. The van der Waals surface area contributed by atoms with Crippen LogP contribution < -0.4 is 0 Å². The van der Waals surface area contributed by atoms with Crippen molar-refractivity contribution in [2.24, 2.45) is 0 Å². The Labute approximate surface area is 123 Å². The molecule has 1 aromatic carbocycles. The number of carbonyl (C=O) groups is 1. The molecule has 100 valence electrons. The second kappa shape index (κ2) is 7.88. The number of hydrogen-bond acceptors (Lipinski definition) is 1. The lowest BCUT2D eigenvalue weighted by Crippen LogP contribution is -2.28. The predicted molar refractivity (Wildman–Crippen MR) is 78.0 cm³/mol. The molecule has 0 spiro atoms.